The van der Waals surface area contributed by atoms with Crippen LogP contribution in [-0.2, 0) is 19.0 Å². The molecule has 2 rings (SSSR count). The minimum absolute atomic E-state index is 0.198. The Kier molecular flexibility index (Phi) is 7.72. The van der Waals surface area contributed by atoms with Crippen LogP contribution in [0.1, 0.15) is 64.7 Å². The number of carboxylic acid groups (broad SMARTS) is 1. The summed E-state index contributed by atoms with van der Waals surface area (Å²) in [6.07, 6.45) is 8.09. The van der Waals surface area contributed by atoms with Gasteiger partial charge in [-0.3, -0.25) is 0 Å². The minimum Gasteiger partial charge on any atom is -0.486 e. The van der Waals surface area contributed by atoms with E-state index in [2.05, 4.69) is 0 Å². The zero-order valence-electron chi connectivity index (χ0n) is 15.8. The second-order valence-corrected chi connectivity index (χ2v) is 7.61. The molecule has 3 atom stereocenters. The van der Waals surface area contributed by atoms with Gasteiger partial charge in [-0.15, -0.1) is 0 Å². The van der Waals surface area contributed by atoms with Crippen LogP contribution in [0.15, 0.2) is 35.2 Å². The molecule has 6 heteroatoms. The van der Waals surface area contributed by atoms with Crippen molar-refractivity contribution in [3.8, 4) is 0 Å². The third kappa shape index (κ3) is 6.50. The number of allylic oxidation sites excluding steroid dienone is 1. The van der Waals surface area contributed by atoms with Gasteiger partial charge in [0.1, 0.15) is 11.9 Å². The first-order valence-electron chi connectivity index (χ1n) is 9.21. The number of furan rings is 1. The second-order valence-electron chi connectivity index (χ2n) is 7.61. The van der Waals surface area contributed by atoms with Gasteiger partial charge in [0.05, 0.1) is 12.5 Å². The van der Waals surface area contributed by atoms with Crippen molar-refractivity contribution in [1.82, 2.24) is 0 Å². The Bertz CT molecular complexity index is 551. The van der Waals surface area contributed by atoms with Crippen LogP contribution >= 0.6 is 0 Å². The number of rotatable bonds is 9. The highest BCUT2D eigenvalue weighted by atomic mass is 16.7. The van der Waals surface area contributed by atoms with E-state index in [1.165, 1.54) is 6.26 Å². The summed E-state index contributed by atoms with van der Waals surface area (Å²) >= 11 is 0. The predicted molar refractivity (Wildman–Crippen MR) is 96.5 cm³/mol. The molecule has 0 saturated carbocycles. The molecule has 6 nitrogen and oxygen atoms in total. The number of ether oxygens (including phenoxy) is 3. The van der Waals surface area contributed by atoms with E-state index in [-0.39, 0.29) is 12.4 Å². The Labute approximate surface area is 155 Å². The second kappa shape index (κ2) is 9.78. The molecule has 146 valence electrons. The summed E-state index contributed by atoms with van der Waals surface area (Å²) in [5, 5.41) is 9.26. The van der Waals surface area contributed by atoms with Crippen LogP contribution in [0.3, 0.4) is 0 Å². The Morgan fingerprint density at radius 1 is 1.42 bits per heavy atom. The molecule has 1 saturated heterocycles. The summed E-state index contributed by atoms with van der Waals surface area (Å²) in [7, 11) is 0. The largest absolute Gasteiger partial charge is 0.486 e. The van der Waals surface area contributed by atoms with Crippen LogP contribution in [0.5, 0.6) is 0 Å². The van der Waals surface area contributed by atoms with Crippen molar-refractivity contribution in [1.29, 1.82) is 0 Å². The minimum atomic E-state index is -0.964. The molecular weight excluding hydrogens is 336 g/mol. The summed E-state index contributed by atoms with van der Waals surface area (Å²) in [4.78, 5) is 11.3. The van der Waals surface area contributed by atoms with Gasteiger partial charge < -0.3 is 23.7 Å². The molecule has 0 aliphatic carbocycles. The Morgan fingerprint density at radius 3 is 2.81 bits per heavy atom. The Balaban J connectivity index is 1.85. The lowest BCUT2D eigenvalue weighted by atomic mass is 9.89. The Hall–Kier alpha value is -1.79. The normalized spacial score (nSPS) is 20.8. The van der Waals surface area contributed by atoms with Crippen molar-refractivity contribution in [3.05, 3.63) is 36.5 Å². The number of carbonyl (C=O) groups is 1. The highest BCUT2D eigenvalue weighted by Gasteiger charge is 2.32. The van der Waals surface area contributed by atoms with Crippen LogP contribution in [0.25, 0.3) is 0 Å². The molecule has 0 spiro atoms. The van der Waals surface area contributed by atoms with E-state index in [9.17, 15) is 9.90 Å². The number of carboxylic acids is 1. The first kappa shape index (κ1) is 20.5. The fraction of sp³-hybridized carbons (Fsp3) is 0.650. The highest BCUT2D eigenvalue weighted by Crippen LogP contribution is 2.28. The van der Waals surface area contributed by atoms with E-state index in [4.69, 9.17) is 18.6 Å². The Morgan fingerprint density at radius 2 is 2.23 bits per heavy atom. The van der Waals surface area contributed by atoms with Gasteiger partial charge in [-0.05, 0) is 50.3 Å². The van der Waals surface area contributed by atoms with Crippen molar-refractivity contribution < 1.29 is 28.5 Å². The van der Waals surface area contributed by atoms with Gasteiger partial charge >= 0.3 is 5.97 Å². The van der Waals surface area contributed by atoms with Gasteiger partial charge in [-0.25, -0.2) is 4.79 Å². The maximum absolute atomic E-state index is 11.3. The van der Waals surface area contributed by atoms with E-state index in [0.29, 0.717) is 12.8 Å². The van der Waals surface area contributed by atoms with E-state index in [0.717, 1.165) is 31.6 Å². The standard InChI is InChI=1S/C20H30O6/c1-20(2,3)18(19(21)22)25-13-6-4-9-16(15-10-8-14-23-15)26-17-11-5-7-12-24-17/h6,8,10,13-14,16-18H,4-5,7,9,11-12H2,1-3H3,(H,21,22). The smallest absolute Gasteiger partial charge is 0.345 e. The molecule has 0 radical (unpaired) electrons. The van der Waals surface area contributed by atoms with E-state index in [1.807, 2.05) is 39.0 Å². The fourth-order valence-electron chi connectivity index (χ4n) is 2.84. The van der Waals surface area contributed by atoms with Gasteiger partial charge in [-0.1, -0.05) is 20.8 Å². The molecule has 1 N–H and O–H groups in total. The van der Waals surface area contributed by atoms with Crippen LogP contribution in [0.2, 0.25) is 0 Å². The number of hydrogen-bond donors (Lipinski definition) is 1. The lowest BCUT2D eigenvalue weighted by molar-refractivity contribution is -0.194. The van der Waals surface area contributed by atoms with E-state index < -0.39 is 17.5 Å². The summed E-state index contributed by atoms with van der Waals surface area (Å²) in [6.45, 7) is 6.24. The van der Waals surface area contributed by atoms with Crippen molar-refractivity contribution >= 4 is 5.97 Å². The monoisotopic (exact) mass is 366 g/mol. The third-order valence-electron chi connectivity index (χ3n) is 4.23. The zero-order chi connectivity index (χ0) is 19.0. The van der Waals surface area contributed by atoms with E-state index >= 15 is 0 Å². The maximum Gasteiger partial charge on any atom is 0.345 e. The molecule has 1 aromatic rings. The van der Waals surface area contributed by atoms with Crippen LogP contribution in [0, 0.1) is 5.41 Å². The molecule has 0 aromatic carbocycles. The molecule has 1 fully saturated rings. The van der Waals surface area contributed by atoms with Crippen LogP contribution in [0.4, 0.5) is 0 Å². The maximum atomic E-state index is 11.3. The third-order valence-corrected chi connectivity index (χ3v) is 4.23. The van der Waals surface area contributed by atoms with Gasteiger partial charge in [0.15, 0.2) is 12.4 Å². The van der Waals surface area contributed by atoms with E-state index in [1.54, 1.807) is 6.26 Å². The molecule has 0 amide bonds. The SMILES string of the molecule is CC(C)(C)C(OC=CCCC(OC1CCCCO1)c1ccco1)C(=O)O. The quantitative estimate of drug-likeness (QED) is 0.640. The molecule has 2 heterocycles. The van der Waals surface area contributed by atoms with Gasteiger partial charge in [0.2, 0.25) is 0 Å². The van der Waals surface area contributed by atoms with Crippen LogP contribution in [-0.4, -0.2) is 30.1 Å². The molecule has 1 aliphatic heterocycles. The summed E-state index contributed by atoms with van der Waals surface area (Å²) in [6, 6.07) is 3.74. The molecule has 1 aliphatic rings. The topological polar surface area (TPSA) is 78.1 Å². The van der Waals surface area contributed by atoms with Crippen molar-refractivity contribution in [2.45, 2.75) is 71.4 Å². The molecular formula is C20H30O6. The van der Waals surface area contributed by atoms with Crippen molar-refractivity contribution in [2.24, 2.45) is 5.41 Å². The van der Waals surface area contributed by atoms with Crippen LogP contribution < -0.4 is 0 Å². The van der Waals surface area contributed by atoms with Gasteiger partial charge in [0.25, 0.3) is 0 Å². The first-order chi connectivity index (χ1) is 12.4. The number of aliphatic carboxylic acids is 1. The number of hydrogen-bond acceptors (Lipinski definition) is 5. The zero-order valence-corrected chi connectivity index (χ0v) is 15.8. The van der Waals surface area contributed by atoms with Gasteiger partial charge in [-0.2, -0.15) is 0 Å². The van der Waals surface area contributed by atoms with Crippen molar-refractivity contribution in [2.75, 3.05) is 6.61 Å². The lowest BCUT2D eigenvalue weighted by Crippen LogP contribution is -2.35. The molecule has 3 unspecified atom stereocenters. The average Bonchev–Trinajstić information content (AvgIpc) is 3.10. The summed E-state index contributed by atoms with van der Waals surface area (Å²) < 4.78 is 22.6. The molecule has 26 heavy (non-hydrogen) atoms. The first-order valence-corrected chi connectivity index (χ1v) is 9.21. The average molecular weight is 366 g/mol. The molecule has 0 bridgehead atoms. The summed E-state index contributed by atoms with van der Waals surface area (Å²) in [5.41, 5.74) is -0.478. The predicted octanol–water partition coefficient (Wildman–Crippen LogP) is 4.67. The molecule has 1 aromatic heterocycles. The summed E-state index contributed by atoms with van der Waals surface area (Å²) in [5.74, 6) is -0.194. The fourth-order valence-corrected chi connectivity index (χ4v) is 2.84. The highest BCUT2D eigenvalue weighted by molar-refractivity contribution is 5.73. The van der Waals surface area contributed by atoms with Gasteiger partial charge in [0, 0.05) is 12.0 Å². The van der Waals surface area contributed by atoms with Crippen molar-refractivity contribution in [3.63, 3.8) is 0 Å². The lowest BCUT2D eigenvalue weighted by Gasteiger charge is -2.27.